The quantitative estimate of drug-likeness (QED) is 0.891. The van der Waals surface area contributed by atoms with Gasteiger partial charge in [0.1, 0.15) is 11.6 Å². The summed E-state index contributed by atoms with van der Waals surface area (Å²) in [6.07, 6.45) is 0. The molecule has 4 nitrogen and oxygen atoms in total. The van der Waals surface area contributed by atoms with Crippen molar-refractivity contribution in [3.8, 4) is 17.0 Å². The first-order valence-electron chi connectivity index (χ1n) is 4.46. The summed E-state index contributed by atoms with van der Waals surface area (Å²) < 4.78 is 19.2. The molecule has 6 heteroatoms. The summed E-state index contributed by atoms with van der Waals surface area (Å²) in [5.74, 6) is 0.345. The second-order valence-electron chi connectivity index (χ2n) is 3.15. The molecule has 1 heterocycles. The Morgan fingerprint density at radius 1 is 1.50 bits per heavy atom. The van der Waals surface area contributed by atoms with Crippen LogP contribution in [0.25, 0.3) is 11.3 Å². The van der Waals surface area contributed by atoms with E-state index in [1.54, 1.807) is 18.2 Å². The van der Waals surface area contributed by atoms with E-state index in [1.807, 2.05) is 0 Å². The van der Waals surface area contributed by atoms with Crippen LogP contribution in [0.2, 0.25) is 0 Å². The molecule has 0 saturated carbocycles. The molecule has 0 aliphatic carbocycles. The van der Waals surface area contributed by atoms with Crippen molar-refractivity contribution in [1.82, 2.24) is 10.2 Å². The molecule has 0 spiro atoms. The third kappa shape index (κ3) is 1.76. The number of anilines is 1. The molecule has 0 saturated heterocycles. The highest BCUT2D eigenvalue weighted by molar-refractivity contribution is 9.10. The smallest absolute Gasteiger partial charge is 0.150 e. The van der Waals surface area contributed by atoms with Crippen molar-refractivity contribution in [1.29, 1.82) is 0 Å². The van der Waals surface area contributed by atoms with Gasteiger partial charge in [0, 0.05) is 11.6 Å². The standard InChI is InChI=1S/C10H9BrFN3O/c1-16-7-3-2-5(10(12)9(7)11)6-4-8(13)15-14-6/h2-4H,1H3,(H3,13,14,15). The molecule has 0 radical (unpaired) electrons. The lowest BCUT2D eigenvalue weighted by Gasteiger charge is -2.07. The van der Waals surface area contributed by atoms with Gasteiger partial charge >= 0.3 is 0 Å². The summed E-state index contributed by atoms with van der Waals surface area (Å²) in [7, 11) is 1.48. The van der Waals surface area contributed by atoms with Gasteiger partial charge in [0.25, 0.3) is 0 Å². The van der Waals surface area contributed by atoms with Crippen LogP contribution in [0.5, 0.6) is 5.75 Å². The maximum absolute atomic E-state index is 13.9. The van der Waals surface area contributed by atoms with Crippen molar-refractivity contribution in [3.63, 3.8) is 0 Å². The number of hydrogen-bond donors (Lipinski definition) is 2. The van der Waals surface area contributed by atoms with E-state index in [2.05, 4.69) is 26.1 Å². The SMILES string of the molecule is COc1ccc(-c2cc(N)n[nH]2)c(F)c1Br. The van der Waals surface area contributed by atoms with Gasteiger partial charge in [-0.1, -0.05) is 0 Å². The number of nitrogens with one attached hydrogen (secondary N) is 1. The van der Waals surface area contributed by atoms with Crippen molar-refractivity contribution in [3.05, 3.63) is 28.5 Å². The predicted molar refractivity (Wildman–Crippen MR) is 62.6 cm³/mol. The Hall–Kier alpha value is -1.56. The number of rotatable bonds is 2. The molecule has 0 amide bonds. The summed E-state index contributed by atoms with van der Waals surface area (Å²) in [5, 5.41) is 6.40. The zero-order chi connectivity index (χ0) is 11.7. The number of hydrogen-bond acceptors (Lipinski definition) is 3. The first kappa shape index (κ1) is 10.9. The van der Waals surface area contributed by atoms with Crippen LogP contribution in [0.1, 0.15) is 0 Å². The third-order valence-electron chi connectivity index (χ3n) is 2.15. The Bertz CT molecular complexity index is 527. The van der Waals surface area contributed by atoms with Crippen molar-refractivity contribution < 1.29 is 9.13 Å². The third-order valence-corrected chi connectivity index (χ3v) is 2.89. The summed E-state index contributed by atoms with van der Waals surface area (Å²) in [5.41, 5.74) is 6.37. The first-order chi connectivity index (χ1) is 7.63. The van der Waals surface area contributed by atoms with Crippen LogP contribution in [0.3, 0.4) is 0 Å². The van der Waals surface area contributed by atoms with Gasteiger partial charge in [-0.3, -0.25) is 5.10 Å². The van der Waals surface area contributed by atoms with E-state index in [-0.39, 0.29) is 4.47 Å². The summed E-state index contributed by atoms with van der Waals surface area (Å²) in [4.78, 5) is 0. The number of aromatic nitrogens is 2. The molecule has 0 aliphatic rings. The molecule has 1 aromatic heterocycles. The van der Waals surface area contributed by atoms with Gasteiger partial charge in [-0.15, -0.1) is 0 Å². The summed E-state index contributed by atoms with van der Waals surface area (Å²) in [6.45, 7) is 0. The number of nitrogen functional groups attached to an aromatic ring is 1. The zero-order valence-corrected chi connectivity index (χ0v) is 10.0. The van der Waals surface area contributed by atoms with Crippen LogP contribution >= 0.6 is 15.9 Å². The van der Waals surface area contributed by atoms with Crippen molar-refractivity contribution in [2.45, 2.75) is 0 Å². The average molecular weight is 286 g/mol. The second-order valence-corrected chi connectivity index (χ2v) is 3.94. The Morgan fingerprint density at radius 2 is 2.25 bits per heavy atom. The van der Waals surface area contributed by atoms with Crippen molar-refractivity contribution in [2.24, 2.45) is 0 Å². The highest BCUT2D eigenvalue weighted by Crippen LogP contribution is 2.34. The van der Waals surface area contributed by atoms with E-state index in [0.717, 1.165) is 0 Å². The molecule has 2 aromatic rings. The van der Waals surface area contributed by atoms with Crippen molar-refractivity contribution in [2.75, 3.05) is 12.8 Å². The molecule has 84 valence electrons. The van der Waals surface area contributed by atoms with Gasteiger partial charge in [-0.05, 0) is 28.1 Å². The van der Waals surface area contributed by atoms with Gasteiger partial charge in [-0.2, -0.15) is 5.10 Å². The number of benzene rings is 1. The molecule has 0 fully saturated rings. The normalized spacial score (nSPS) is 10.4. The Balaban J connectivity index is 2.55. The Morgan fingerprint density at radius 3 is 2.81 bits per heavy atom. The highest BCUT2D eigenvalue weighted by atomic mass is 79.9. The van der Waals surface area contributed by atoms with Crippen LogP contribution in [0.4, 0.5) is 10.2 Å². The van der Waals surface area contributed by atoms with Crippen LogP contribution in [0.15, 0.2) is 22.7 Å². The van der Waals surface area contributed by atoms with Crippen LogP contribution in [0, 0.1) is 5.82 Å². The minimum Gasteiger partial charge on any atom is -0.495 e. The molecule has 0 aliphatic heterocycles. The highest BCUT2D eigenvalue weighted by Gasteiger charge is 2.14. The van der Waals surface area contributed by atoms with E-state index in [1.165, 1.54) is 7.11 Å². The fraction of sp³-hybridized carbons (Fsp3) is 0.100. The van der Waals surface area contributed by atoms with E-state index >= 15 is 0 Å². The lowest BCUT2D eigenvalue weighted by atomic mass is 10.1. The van der Waals surface area contributed by atoms with E-state index in [9.17, 15) is 4.39 Å². The summed E-state index contributed by atoms with van der Waals surface area (Å²) >= 11 is 3.13. The maximum atomic E-state index is 13.9. The van der Waals surface area contributed by atoms with Crippen LogP contribution < -0.4 is 10.5 Å². The molecule has 0 atom stereocenters. The lowest BCUT2D eigenvalue weighted by molar-refractivity contribution is 0.408. The molecular formula is C10H9BrFN3O. The number of ether oxygens (including phenoxy) is 1. The fourth-order valence-electron chi connectivity index (χ4n) is 1.37. The van der Waals surface area contributed by atoms with Gasteiger partial charge in [0.15, 0.2) is 5.82 Å². The van der Waals surface area contributed by atoms with Crippen LogP contribution in [-0.2, 0) is 0 Å². The predicted octanol–water partition coefficient (Wildman–Crippen LogP) is 2.57. The lowest BCUT2D eigenvalue weighted by Crippen LogP contribution is -1.91. The average Bonchev–Trinajstić information content (AvgIpc) is 2.69. The monoisotopic (exact) mass is 285 g/mol. The number of nitrogens with zero attached hydrogens (tertiary/aromatic N) is 1. The number of methoxy groups -OCH3 is 1. The van der Waals surface area contributed by atoms with Crippen molar-refractivity contribution >= 4 is 21.7 Å². The second kappa shape index (κ2) is 4.13. The van der Waals surface area contributed by atoms with E-state index in [4.69, 9.17) is 10.5 Å². The number of aromatic amines is 1. The topological polar surface area (TPSA) is 63.9 Å². The minimum absolute atomic E-state index is 0.278. The number of halogens is 2. The van der Waals surface area contributed by atoms with E-state index in [0.29, 0.717) is 22.8 Å². The largest absolute Gasteiger partial charge is 0.495 e. The first-order valence-corrected chi connectivity index (χ1v) is 5.26. The zero-order valence-electron chi connectivity index (χ0n) is 8.42. The van der Waals surface area contributed by atoms with Gasteiger partial charge in [-0.25, -0.2) is 4.39 Å². The van der Waals surface area contributed by atoms with E-state index < -0.39 is 5.82 Å². The molecule has 0 unspecified atom stereocenters. The molecule has 0 bridgehead atoms. The Kier molecular flexibility index (Phi) is 2.82. The Labute approximate surface area is 99.7 Å². The fourth-order valence-corrected chi connectivity index (χ4v) is 1.88. The molecule has 3 N–H and O–H groups in total. The number of H-pyrrole nitrogens is 1. The van der Waals surface area contributed by atoms with Gasteiger partial charge in [0.05, 0.1) is 17.3 Å². The van der Waals surface area contributed by atoms with Gasteiger partial charge in [0.2, 0.25) is 0 Å². The maximum Gasteiger partial charge on any atom is 0.150 e. The van der Waals surface area contributed by atoms with Gasteiger partial charge < -0.3 is 10.5 Å². The molecule has 2 rings (SSSR count). The molecule has 16 heavy (non-hydrogen) atoms. The number of nitrogens with two attached hydrogens (primary N) is 1. The summed E-state index contributed by atoms with van der Waals surface area (Å²) in [6, 6.07) is 4.84. The minimum atomic E-state index is -0.414. The van der Waals surface area contributed by atoms with Crippen LogP contribution in [-0.4, -0.2) is 17.3 Å². The molecule has 1 aromatic carbocycles. The molecular weight excluding hydrogens is 277 g/mol.